The molecule has 93 heavy (non-hydrogen) atoms. The normalized spacial score (nSPS) is 29.1. The fourth-order valence-electron chi connectivity index (χ4n) is 10.3. The van der Waals surface area contributed by atoms with Gasteiger partial charge in [-0.3, -0.25) is 28.8 Å². The molecule has 21 atom stereocenters. The number of thioether (sulfide) groups is 1. The second-order valence-electron chi connectivity index (χ2n) is 20.7. The van der Waals surface area contributed by atoms with Crippen LogP contribution in [0.5, 0.6) is 0 Å². The van der Waals surface area contributed by atoms with Crippen LogP contribution in [0.2, 0.25) is 0 Å². The van der Waals surface area contributed by atoms with Crippen LogP contribution >= 0.6 is 11.8 Å². The van der Waals surface area contributed by atoms with Gasteiger partial charge in [0, 0.05) is 78.3 Å². The van der Waals surface area contributed by atoms with Crippen LogP contribution in [0.1, 0.15) is 82.5 Å². The minimum Gasteiger partial charge on any atom is -0.459 e. The Kier molecular flexibility index (Phi) is 27.9. The summed E-state index contributed by atoms with van der Waals surface area (Å²) < 4.78 is 90.8. The number of ether oxygens (including phenoxy) is 15. The van der Waals surface area contributed by atoms with Gasteiger partial charge in [0.15, 0.2) is 49.4 Å². The highest BCUT2D eigenvalue weighted by Crippen LogP contribution is 2.41. The first-order valence-corrected chi connectivity index (χ1v) is 29.4. The summed E-state index contributed by atoms with van der Waals surface area (Å²) in [7, 11) is 0. The van der Waals surface area contributed by atoms with Crippen molar-refractivity contribution in [3.8, 4) is 0 Å². The van der Waals surface area contributed by atoms with E-state index in [1.807, 2.05) is 0 Å². The van der Waals surface area contributed by atoms with Crippen LogP contribution in [0.4, 0.5) is 0 Å². The molecule has 11 unspecified atom stereocenters. The fourth-order valence-corrected chi connectivity index (χ4v) is 11.5. The first-order chi connectivity index (χ1) is 44.5. The third-order valence-corrected chi connectivity index (χ3v) is 15.2. The van der Waals surface area contributed by atoms with Crippen LogP contribution in [0.15, 0.2) is 86.2 Å². The number of hydrogen-bond donors (Lipinski definition) is 0. The fraction of sp³-hybridized carbons (Fsp3) is 0.630. The maximum absolute atomic E-state index is 13.6. The zero-order chi connectivity index (χ0) is 67.9. The van der Waals surface area contributed by atoms with Gasteiger partial charge in [0.05, 0.1) is 36.4 Å². The van der Waals surface area contributed by atoms with Gasteiger partial charge in [0.25, 0.3) is 0 Å². The summed E-state index contributed by atoms with van der Waals surface area (Å²) in [6.07, 6.45) is -28.0. The summed E-state index contributed by atoms with van der Waals surface area (Å²) >= 11 is 1.00. The van der Waals surface area contributed by atoms with Crippen molar-refractivity contribution in [3.63, 3.8) is 0 Å². The second-order valence-corrected chi connectivity index (χ2v) is 21.9. The van der Waals surface area contributed by atoms with Crippen molar-refractivity contribution in [2.45, 2.75) is 190 Å². The molecule has 0 saturated carbocycles. The zero-order valence-corrected chi connectivity index (χ0v) is 51.8. The summed E-state index contributed by atoms with van der Waals surface area (Å²) in [5.41, 5.74) is 47.8. The van der Waals surface area contributed by atoms with Gasteiger partial charge in [0.2, 0.25) is 0 Å². The lowest BCUT2D eigenvalue weighted by Gasteiger charge is -2.45. The van der Waals surface area contributed by atoms with Crippen molar-refractivity contribution < 1.29 is 109 Å². The van der Waals surface area contributed by atoms with Crippen LogP contribution in [0, 0.1) is 0 Å². The summed E-state index contributed by atoms with van der Waals surface area (Å²) in [4.78, 5) is 118. The first-order valence-electron chi connectivity index (χ1n) is 28.4. The maximum atomic E-state index is 13.6. The molecule has 0 spiro atoms. The number of hydrogen-bond acceptors (Lipinski definition) is 29. The molecular weight excluding hydrogens is 1260 g/mol. The molecule has 6 rings (SSSR count). The van der Waals surface area contributed by atoms with Crippen LogP contribution in [0.3, 0.4) is 0 Å². The van der Waals surface area contributed by atoms with Crippen LogP contribution < -0.4 is 0 Å². The Bertz CT molecular complexity index is 3230. The van der Waals surface area contributed by atoms with E-state index in [0.717, 1.165) is 53.3 Å². The topological polar surface area (TPSA) is 519 Å². The molecule has 39 heteroatoms. The van der Waals surface area contributed by atoms with Crippen molar-refractivity contribution >= 4 is 59.5 Å². The van der Waals surface area contributed by atoms with E-state index in [4.69, 9.17) is 71.1 Å². The third-order valence-electron chi connectivity index (χ3n) is 14.0. The molecule has 0 aliphatic carbocycles. The van der Waals surface area contributed by atoms with E-state index < -0.39 is 195 Å². The molecule has 4 heterocycles. The van der Waals surface area contributed by atoms with Gasteiger partial charge >= 0.3 is 47.8 Å². The van der Waals surface area contributed by atoms with E-state index in [1.54, 1.807) is 36.4 Å². The molecule has 2 aromatic rings. The summed E-state index contributed by atoms with van der Waals surface area (Å²) in [6, 6.07) is 11.1. The molecule has 500 valence electrons. The number of esters is 8. The number of rotatable bonds is 30. The van der Waals surface area contributed by atoms with Gasteiger partial charge in [-0.2, -0.15) is 0 Å². The van der Waals surface area contributed by atoms with Crippen molar-refractivity contribution in [3.05, 3.63) is 124 Å². The van der Waals surface area contributed by atoms with Crippen molar-refractivity contribution in [2.24, 2.45) is 25.6 Å². The van der Waals surface area contributed by atoms with E-state index >= 15 is 0 Å². The smallest absolute Gasteiger partial charge is 0.338 e. The summed E-state index contributed by atoms with van der Waals surface area (Å²) in [5.74, 6) is -7.60. The first kappa shape index (κ1) is 72.9. The Morgan fingerprint density at radius 1 is 0.516 bits per heavy atom. The molecule has 0 N–H and O–H groups in total. The molecular formula is C54H65N15O23S. The minimum atomic E-state index is -1.97. The number of azide groups is 5. The van der Waals surface area contributed by atoms with Crippen LogP contribution in [-0.2, 0) is 99.8 Å². The van der Waals surface area contributed by atoms with Crippen LogP contribution in [-0.4, -0.2) is 201 Å². The van der Waals surface area contributed by atoms with E-state index in [1.165, 1.54) is 38.1 Å². The highest BCUT2D eigenvalue weighted by molar-refractivity contribution is 7.99. The van der Waals surface area contributed by atoms with Crippen molar-refractivity contribution in [2.75, 3.05) is 25.4 Å². The SMILES string of the molecule is CC(=O)OC1C(O[C@H]2OC(CN=[N+]=[N-])[C@@H](OC(C)=O)C(OC(C)=O)C2N=[N+]=[N-])[C@@H](CS[C@H]2CC(OC(=O)c3ccccc3)[C@@H](COC(=O)c3ccccc3)O2)O[C@H]1OC(C(OC(C)=O)[C@@H](C)N=[N+]=[N-])[C@@H](C)O[C@H]1OC(CN=[N+]=[N-])[C@@H](OC(C)=O)C(OC(C)=O)C1N=[N+]=[N-]. The number of carbonyl (C=O) groups excluding carboxylic acids is 8. The Morgan fingerprint density at radius 3 is 1.49 bits per heavy atom. The summed E-state index contributed by atoms with van der Waals surface area (Å²) in [5, 5.41) is 18.4. The molecule has 0 amide bonds. The maximum Gasteiger partial charge on any atom is 0.338 e. The molecule has 38 nitrogen and oxygen atoms in total. The van der Waals surface area contributed by atoms with Crippen LogP contribution in [0.25, 0.3) is 52.2 Å². The molecule has 4 saturated heterocycles. The van der Waals surface area contributed by atoms with Gasteiger partial charge in [-0.1, -0.05) is 68.9 Å². The molecule has 2 aromatic carbocycles. The molecule has 4 fully saturated rings. The number of carbonyl (C=O) groups is 8. The third kappa shape index (κ3) is 20.7. The predicted octanol–water partition coefficient (Wildman–Crippen LogP) is 6.53. The molecule has 0 aromatic heterocycles. The van der Waals surface area contributed by atoms with Gasteiger partial charge in [0.1, 0.15) is 73.0 Å². The lowest BCUT2D eigenvalue weighted by atomic mass is 9.96. The minimum absolute atomic E-state index is 0.0578. The molecule has 0 radical (unpaired) electrons. The lowest BCUT2D eigenvalue weighted by molar-refractivity contribution is -0.299. The predicted molar refractivity (Wildman–Crippen MR) is 310 cm³/mol. The van der Waals surface area contributed by atoms with Gasteiger partial charge < -0.3 is 71.1 Å². The van der Waals surface area contributed by atoms with Gasteiger partial charge in [-0.05, 0) is 58.8 Å². The van der Waals surface area contributed by atoms with Gasteiger partial charge in [-0.25, -0.2) is 9.59 Å². The molecule has 4 aliphatic rings. The highest BCUT2D eigenvalue weighted by atomic mass is 32.2. The Balaban J connectivity index is 1.47. The monoisotopic (exact) mass is 1320 g/mol. The van der Waals surface area contributed by atoms with E-state index in [9.17, 15) is 66.0 Å². The molecule has 4 aliphatic heterocycles. The van der Waals surface area contributed by atoms with E-state index in [-0.39, 0.29) is 23.3 Å². The highest BCUT2D eigenvalue weighted by Gasteiger charge is 2.58. The Labute approximate surface area is 532 Å². The van der Waals surface area contributed by atoms with Crippen molar-refractivity contribution in [1.82, 2.24) is 0 Å². The molecule has 0 bridgehead atoms. The number of benzene rings is 2. The zero-order valence-electron chi connectivity index (χ0n) is 50.9. The summed E-state index contributed by atoms with van der Waals surface area (Å²) in [6.45, 7) is 6.94. The van der Waals surface area contributed by atoms with Crippen molar-refractivity contribution in [1.29, 1.82) is 0 Å². The standard InChI is InChI=1S/C54H65N15O23S/c1-24(62-67-57)42(80-26(3)70)43(25(2)79-52-40(63-68-58)47(83-29(6)73)44(81-27(4)71)35(88-52)20-60-65-55)91-54-49(85-31(8)75)46(92-53-41(64-69-59)48(84-30(7)74)45(82-28(5)72)36(89-53)21-61-66-56)38(90-54)23-93-39-19-34(87-51(77)33-17-13-10-14-18-33)37(86-39)22-78-50(76)32-15-11-9-12-16-32/h9-18,24-25,34-49,52-54H,19-23H2,1-8H3/t24-,25-,34?,35?,36?,37-,38-,39+,40?,41?,42?,43?,44-,45-,46?,47?,48?,49?,52+,53-,54+/m1/s1. The lowest BCUT2D eigenvalue weighted by Crippen LogP contribution is -2.62. The number of nitrogens with zero attached hydrogens (tertiary/aromatic N) is 15. The van der Waals surface area contributed by atoms with E-state index in [2.05, 4.69) is 50.1 Å². The Morgan fingerprint density at radius 2 is 1.00 bits per heavy atom. The Hall–Kier alpha value is -9.18. The quantitative estimate of drug-likeness (QED) is 0.0263. The van der Waals surface area contributed by atoms with Gasteiger partial charge in [-0.15, -0.1) is 11.8 Å². The average molecular weight is 1320 g/mol. The van der Waals surface area contributed by atoms with E-state index in [0.29, 0.717) is 0 Å². The second kappa shape index (κ2) is 35.6. The average Bonchev–Trinajstić information content (AvgIpc) is 1.79. The largest absolute Gasteiger partial charge is 0.459 e.